The zero-order chi connectivity index (χ0) is 10.3. The maximum absolute atomic E-state index is 3.66. The topological polar surface area (TPSA) is 12.0 Å². The molecule has 1 aromatic rings. The molecule has 0 amide bonds. The zero-order valence-electron chi connectivity index (χ0n) is 8.71. The van der Waals surface area contributed by atoms with Gasteiger partial charge in [0.2, 0.25) is 0 Å². The molecule has 0 bridgehead atoms. The van der Waals surface area contributed by atoms with Crippen molar-refractivity contribution in [3.63, 3.8) is 0 Å². The summed E-state index contributed by atoms with van der Waals surface area (Å²) in [7, 11) is 0. The molecule has 2 saturated carbocycles. The van der Waals surface area contributed by atoms with Gasteiger partial charge in [-0.1, -0.05) is 0 Å². The van der Waals surface area contributed by atoms with Gasteiger partial charge in [0, 0.05) is 15.4 Å². The largest absolute Gasteiger partial charge is 0.314 e. The summed E-state index contributed by atoms with van der Waals surface area (Å²) in [5.41, 5.74) is 0. The minimum absolute atomic E-state index is 0.825. The second kappa shape index (κ2) is 4.19. The standard InChI is InChI=1S/C12H16BrNS/c13-11-5-6-15-12(11)10-4-1-8(10)7-14-9-2-3-9/h5-6,8-10,14H,1-4,7H2. The van der Waals surface area contributed by atoms with Crippen molar-refractivity contribution in [2.45, 2.75) is 37.6 Å². The molecule has 2 atom stereocenters. The smallest absolute Gasteiger partial charge is 0.0317 e. The van der Waals surface area contributed by atoms with Gasteiger partial charge in [-0.05, 0) is 71.4 Å². The van der Waals surface area contributed by atoms with Gasteiger partial charge in [-0.25, -0.2) is 0 Å². The molecule has 0 aliphatic heterocycles. The summed E-state index contributed by atoms with van der Waals surface area (Å²) in [6, 6.07) is 3.04. The summed E-state index contributed by atoms with van der Waals surface area (Å²) in [6.07, 6.45) is 5.60. The van der Waals surface area contributed by atoms with Crippen LogP contribution in [-0.2, 0) is 0 Å². The summed E-state index contributed by atoms with van der Waals surface area (Å²) in [5, 5.41) is 5.86. The minimum Gasteiger partial charge on any atom is -0.314 e. The molecule has 1 N–H and O–H groups in total. The molecule has 0 aromatic carbocycles. The molecule has 2 unspecified atom stereocenters. The Labute approximate surface area is 103 Å². The highest BCUT2D eigenvalue weighted by Gasteiger charge is 2.34. The fourth-order valence-electron chi connectivity index (χ4n) is 2.33. The van der Waals surface area contributed by atoms with Crippen LogP contribution in [0.15, 0.2) is 15.9 Å². The first-order chi connectivity index (χ1) is 7.34. The molecule has 0 saturated heterocycles. The van der Waals surface area contributed by atoms with Gasteiger partial charge in [0.25, 0.3) is 0 Å². The Kier molecular flexibility index (Phi) is 2.88. The molecule has 1 heterocycles. The van der Waals surface area contributed by atoms with Crippen LogP contribution in [0, 0.1) is 5.92 Å². The molecule has 2 aliphatic rings. The summed E-state index contributed by atoms with van der Waals surface area (Å²) in [4.78, 5) is 1.57. The van der Waals surface area contributed by atoms with Crippen LogP contribution < -0.4 is 5.32 Å². The summed E-state index contributed by atoms with van der Waals surface area (Å²) >= 11 is 5.56. The van der Waals surface area contributed by atoms with Crippen molar-refractivity contribution in [1.29, 1.82) is 0 Å². The first-order valence-electron chi connectivity index (χ1n) is 5.81. The normalized spacial score (nSPS) is 30.2. The first-order valence-corrected chi connectivity index (χ1v) is 7.48. The fraction of sp³-hybridized carbons (Fsp3) is 0.667. The Morgan fingerprint density at radius 1 is 1.33 bits per heavy atom. The Balaban J connectivity index is 1.59. The van der Waals surface area contributed by atoms with E-state index in [2.05, 4.69) is 32.7 Å². The number of rotatable bonds is 4. The Hall–Kier alpha value is 0.140. The predicted octanol–water partition coefficient (Wildman–Crippen LogP) is 3.76. The van der Waals surface area contributed by atoms with Crippen molar-refractivity contribution >= 4 is 27.3 Å². The van der Waals surface area contributed by atoms with E-state index in [-0.39, 0.29) is 0 Å². The second-order valence-corrected chi connectivity index (χ2v) is 6.56. The number of hydrogen-bond donors (Lipinski definition) is 1. The maximum Gasteiger partial charge on any atom is 0.0317 e. The van der Waals surface area contributed by atoms with E-state index in [0.717, 1.165) is 17.9 Å². The van der Waals surface area contributed by atoms with Crippen LogP contribution in [0.5, 0.6) is 0 Å². The van der Waals surface area contributed by atoms with Crippen LogP contribution in [0.2, 0.25) is 0 Å². The molecule has 1 nitrogen and oxygen atoms in total. The van der Waals surface area contributed by atoms with Gasteiger partial charge in [-0.3, -0.25) is 0 Å². The quantitative estimate of drug-likeness (QED) is 0.888. The van der Waals surface area contributed by atoms with E-state index in [0.29, 0.717) is 0 Å². The lowest BCUT2D eigenvalue weighted by atomic mass is 9.73. The van der Waals surface area contributed by atoms with E-state index in [1.165, 1.54) is 36.7 Å². The monoisotopic (exact) mass is 285 g/mol. The number of hydrogen-bond acceptors (Lipinski definition) is 2. The van der Waals surface area contributed by atoms with Crippen molar-refractivity contribution in [3.05, 3.63) is 20.8 Å². The maximum atomic E-state index is 3.66. The summed E-state index contributed by atoms with van der Waals surface area (Å²) < 4.78 is 1.33. The van der Waals surface area contributed by atoms with Crippen LogP contribution >= 0.6 is 27.3 Å². The lowest BCUT2D eigenvalue weighted by Gasteiger charge is -2.36. The molecule has 0 radical (unpaired) electrons. The van der Waals surface area contributed by atoms with Gasteiger partial charge in [-0.15, -0.1) is 11.3 Å². The molecule has 15 heavy (non-hydrogen) atoms. The lowest BCUT2D eigenvalue weighted by Crippen LogP contribution is -2.34. The first kappa shape index (κ1) is 10.3. The number of halogens is 1. The minimum atomic E-state index is 0.825. The molecule has 3 heteroatoms. The number of nitrogens with one attached hydrogen (secondary N) is 1. The Morgan fingerprint density at radius 2 is 2.20 bits per heavy atom. The molecule has 2 aliphatic carbocycles. The van der Waals surface area contributed by atoms with Gasteiger partial charge in [0.15, 0.2) is 0 Å². The van der Waals surface area contributed by atoms with E-state index < -0.39 is 0 Å². The van der Waals surface area contributed by atoms with Gasteiger partial charge in [-0.2, -0.15) is 0 Å². The van der Waals surface area contributed by atoms with Gasteiger partial charge in [0.05, 0.1) is 0 Å². The average molecular weight is 286 g/mol. The molecule has 2 fully saturated rings. The molecule has 3 rings (SSSR count). The van der Waals surface area contributed by atoms with E-state index in [1.807, 2.05) is 11.3 Å². The number of thiophene rings is 1. The van der Waals surface area contributed by atoms with E-state index in [4.69, 9.17) is 0 Å². The lowest BCUT2D eigenvalue weighted by molar-refractivity contribution is 0.248. The molecule has 82 valence electrons. The van der Waals surface area contributed by atoms with E-state index in [9.17, 15) is 0 Å². The molecule has 1 aromatic heterocycles. The van der Waals surface area contributed by atoms with Crippen molar-refractivity contribution in [3.8, 4) is 0 Å². The Morgan fingerprint density at radius 3 is 2.73 bits per heavy atom. The predicted molar refractivity (Wildman–Crippen MR) is 68.5 cm³/mol. The SMILES string of the molecule is Brc1ccsc1C1CCC1CNC1CC1. The molecular formula is C12H16BrNS. The van der Waals surface area contributed by atoms with Crippen LogP contribution in [0.25, 0.3) is 0 Å². The third-order valence-corrected chi connectivity index (χ3v) is 5.65. The highest BCUT2D eigenvalue weighted by molar-refractivity contribution is 9.10. The van der Waals surface area contributed by atoms with Crippen molar-refractivity contribution in [2.75, 3.05) is 6.54 Å². The van der Waals surface area contributed by atoms with Gasteiger partial charge in [0.1, 0.15) is 0 Å². The van der Waals surface area contributed by atoms with E-state index >= 15 is 0 Å². The van der Waals surface area contributed by atoms with Crippen LogP contribution in [0.3, 0.4) is 0 Å². The third kappa shape index (κ3) is 2.15. The highest BCUT2D eigenvalue weighted by atomic mass is 79.9. The summed E-state index contributed by atoms with van der Waals surface area (Å²) in [5.74, 6) is 1.71. The molecule has 0 spiro atoms. The second-order valence-electron chi connectivity index (χ2n) is 4.76. The van der Waals surface area contributed by atoms with E-state index in [1.54, 1.807) is 4.88 Å². The van der Waals surface area contributed by atoms with Crippen molar-refractivity contribution < 1.29 is 0 Å². The van der Waals surface area contributed by atoms with Crippen molar-refractivity contribution in [2.24, 2.45) is 5.92 Å². The van der Waals surface area contributed by atoms with Crippen LogP contribution in [0.1, 0.15) is 36.5 Å². The Bertz CT molecular complexity index is 345. The van der Waals surface area contributed by atoms with Gasteiger partial charge >= 0.3 is 0 Å². The zero-order valence-corrected chi connectivity index (χ0v) is 11.1. The van der Waals surface area contributed by atoms with Crippen LogP contribution in [0.4, 0.5) is 0 Å². The average Bonchev–Trinajstić information content (AvgIpc) is 2.91. The third-order valence-electron chi connectivity index (χ3n) is 3.65. The van der Waals surface area contributed by atoms with Gasteiger partial charge < -0.3 is 5.32 Å². The molecular weight excluding hydrogens is 270 g/mol. The van der Waals surface area contributed by atoms with Crippen LogP contribution in [-0.4, -0.2) is 12.6 Å². The summed E-state index contributed by atoms with van der Waals surface area (Å²) in [6.45, 7) is 1.24. The fourth-order valence-corrected chi connectivity index (χ4v) is 4.23. The van der Waals surface area contributed by atoms with Crippen molar-refractivity contribution in [1.82, 2.24) is 5.32 Å². The highest BCUT2D eigenvalue weighted by Crippen LogP contribution is 2.46.